The molecule has 1 saturated carbocycles. The summed E-state index contributed by atoms with van der Waals surface area (Å²) >= 11 is 0. The quantitative estimate of drug-likeness (QED) is 0.585. The zero-order valence-corrected chi connectivity index (χ0v) is 7.71. The second-order valence-electron chi connectivity index (χ2n) is 2.25. The molecule has 0 N–H and O–H groups in total. The van der Waals surface area contributed by atoms with Crippen molar-refractivity contribution in [3.05, 3.63) is 0 Å². The largest absolute Gasteiger partial charge is 0.362 e. The highest BCUT2D eigenvalue weighted by molar-refractivity contribution is 7.83. The molecule has 0 amide bonds. The van der Waals surface area contributed by atoms with E-state index in [9.17, 15) is 4.21 Å². The number of rotatable bonds is 2. The average Bonchev–Trinajstić information content (AvgIpc) is 1.76. The molecule has 1 rings (SSSR count). The summed E-state index contributed by atoms with van der Waals surface area (Å²) in [5.41, 5.74) is 1.01. The fourth-order valence-corrected chi connectivity index (χ4v) is 1.52. The summed E-state index contributed by atoms with van der Waals surface area (Å²) in [5, 5.41) is 0. The van der Waals surface area contributed by atoms with E-state index in [0.717, 1.165) is 18.6 Å². The van der Waals surface area contributed by atoms with Crippen molar-refractivity contribution >= 4 is 26.2 Å². The first-order valence-electron chi connectivity index (χ1n) is 2.98. The third-order valence-electron chi connectivity index (χ3n) is 1.38. The van der Waals surface area contributed by atoms with Crippen LogP contribution in [0, 0.1) is 0 Å². The van der Waals surface area contributed by atoms with Gasteiger partial charge < -0.3 is 4.52 Å². The Morgan fingerprint density at radius 2 is 2.40 bits per heavy atom. The highest BCUT2D eigenvalue weighted by Gasteiger charge is 2.24. The van der Waals surface area contributed by atoms with Crippen LogP contribution in [-0.2, 0) is 15.5 Å². The van der Waals surface area contributed by atoms with Crippen LogP contribution in [0.2, 0.25) is 0 Å². The summed E-state index contributed by atoms with van der Waals surface area (Å²) < 4.78 is 19.3. The Bertz CT molecular complexity index is 174. The number of hydrogen-bond acceptors (Lipinski definition) is 2. The second kappa shape index (κ2) is 3.56. The molecule has 0 aliphatic heterocycles. The van der Waals surface area contributed by atoms with Gasteiger partial charge >= 0.3 is 0 Å². The third-order valence-corrected chi connectivity index (χ3v) is 2.28. The number of hydrogen-bond donors (Lipinski definition) is 0. The molecule has 0 spiro atoms. The van der Waals surface area contributed by atoms with Gasteiger partial charge in [0.05, 0.1) is 6.10 Å². The molecule has 1 fully saturated rings. The zero-order chi connectivity index (χ0) is 7.56. The molecule has 10 heavy (non-hydrogen) atoms. The minimum absolute atomic E-state index is 0.285. The minimum Gasteiger partial charge on any atom is -0.362 e. The molecule has 0 aromatic heterocycles. The zero-order valence-electron chi connectivity index (χ0n) is 5.74. The van der Waals surface area contributed by atoms with Crippen molar-refractivity contribution in [3.8, 4) is 0 Å². The fraction of sp³-hybridized carbons (Fsp3) is 0.800. The maximum absolute atomic E-state index is 10.5. The van der Waals surface area contributed by atoms with Crippen molar-refractivity contribution in [2.75, 3.05) is 6.26 Å². The van der Waals surface area contributed by atoms with Crippen LogP contribution in [0.15, 0.2) is 4.40 Å². The lowest BCUT2D eigenvalue weighted by molar-refractivity contribution is 0.229. The number of nitrogens with zero attached hydrogens (tertiary/aromatic N) is 1. The van der Waals surface area contributed by atoms with Crippen LogP contribution in [0.1, 0.15) is 12.8 Å². The fourth-order valence-electron chi connectivity index (χ4n) is 0.818. The summed E-state index contributed by atoms with van der Waals surface area (Å²) in [6, 6.07) is 0. The highest BCUT2D eigenvalue weighted by atomic mass is 32.2. The second-order valence-corrected chi connectivity index (χ2v) is 3.55. The molecular formula is C5H10NO2PS. The van der Waals surface area contributed by atoms with Crippen molar-refractivity contribution in [2.45, 2.75) is 18.9 Å². The van der Waals surface area contributed by atoms with Gasteiger partial charge in [-0.25, -0.2) is 4.21 Å². The monoisotopic (exact) mass is 179 g/mol. The van der Waals surface area contributed by atoms with E-state index in [2.05, 4.69) is 13.9 Å². The van der Waals surface area contributed by atoms with Crippen LogP contribution in [0.3, 0.4) is 0 Å². The van der Waals surface area contributed by atoms with Gasteiger partial charge in [-0.2, -0.15) is 4.40 Å². The van der Waals surface area contributed by atoms with E-state index in [1.54, 1.807) is 6.26 Å². The lowest BCUT2D eigenvalue weighted by Crippen LogP contribution is -2.29. The van der Waals surface area contributed by atoms with Crippen molar-refractivity contribution < 1.29 is 8.73 Å². The summed E-state index contributed by atoms with van der Waals surface area (Å²) in [7, 11) is 1.18. The van der Waals surface area contributed by atoms with Crippen LogP contribution in [0.4, 0.5) is 0 Å². The third kappa shape index (κ3) is 2.11. The molecule has 3 nitrogen and oxygen atoms in total. The van der Waals surface area contributed by atoms with E-state index in [-0.39, 0.29) is 6.10 Å². The van der Waals surface area contributed by atoms with Crippen LogP contribution < -0.4 is 0 Å². The van der Waals surface area contributed by atoms with Gasteiger partial charge in [0.1, 0.15) is 11.0 Å². The van der Waals surface area contributed by atoms with Crippen molar-refractivity contribution in [1.82, 2.24) is 0 Å². The predicted molar refractivity (Wildman–Crippen MR) is 45.3 cm³/mol. The average molecular weight is 179 g/mol. The molecule has 0 aromatic carbocycles. The maximum Gasteiger partial charge on any atom is 0.136 e. The van der Waals surface area contributed by atoms with Gasteiger partial charge in [-0.3, -0.25) is 0 Å². The van der Waals surface area contributed by atoms with Gasteiger partial charge in [0, 0.05) is 34.3 Å². The van der Waals surface area contributed by atoms with E-state index in [1.807, 2.05) is 0 Å². The molecule has 1 aliphatic carbocycles. The highest BCUT2D eigenvalue weighted by Crippen LogP contribution is 2.22. The van der Waals surface area contributed by atoms with E-state index in [4.69, 9.17) is 4.52 Å². The summed E-state index contributed by atoms with van der Waals surface area (Å²) in [4.78, 5) is 0. The molecule has 0 bridgehead atoms. The van der Waals surface area contributed by atoms with Gasteiger partial charge in [-0.05, 0) is 0 Å². The van der Waals surface area contributed by atoms with Gasteiger partial charge in [0.15, 0.2) is 0 Å². The maximum atomic E-state index is 10.5. The molecule has 2 unspecified atom stereocenters. The smallest absolute Gasteiger partial charge is 0.136 e. The Balaban J connectivity index is 2.31. The molecule has 0 heterocycles. The molecule has 0 aromatic rings. The normalized spacial score (nSPS) is 27.4. The lowest BCUT2D eigenvalue weighted by Gasteiger charge is -2.25. The standard InChI is InChI=1S/C5H10NO2PS/c1-10(7)6-4-2-5(3-4)8-9/h5H,2-3,9H2,1H3. The van der Waals surface area contributed by atoms with Crippen molar-refractivity contribution in [3.63, 3.8) is 0 Å². The van der Waals surface area contributed by atoms with Crippen molar-refractivity contribution in [1.29, 1.82) is 0 Å². The van der Waals surface area contributed by atoms with Gasteiger partial charge in [0.25, 0.3) is 0 Å². The van der Waals surface area contributed by atoms with Crippen molar-refractivity contribution in [2.24, 2.45) is 4.40 Å². The minimum atomic E-state index is -1.04. The molecular weight excluding hydrogens is 169 g/mol. The van der Waals surface area contributed by atoms with Crippen LogP contribution >= 0.6 is 9.47 Å². The Morgan fingerprint density at radius 3 is 2.80 bits per heavy atom. The lowest BCUT2D eigenvalue weighted by atomic mass is 9.94. The first kappa shape index (κ1) is 8.31. The molecule has 0 saturated heterocycles. The van der Waals surface area contributed by atoms with E-state index >= 15 is 0 Å². The molecule has 2 atom stereocenters. The van der Waals surface area contributed by atoms with Gasteiger partial charge in [-0.15, -0.1) is 0 Å². The Morgan fingerprint density at radius 1 is 1.80 bits per heavy atom. The van der Waals surface area contributed by atoms with Crippen LogP contribution in [0.5, 0.6) is 0 Å². The first-order valence-corrected chi connectivity index (χ1v) is 4.96. The first-order chi connectivity index (χ1) is 4.72. The van der Waals surface area contributed by atoms with E-state index in [0.29, 0.717) is 0 Å². The predicted octanol–water partition coefficient (Wildman–Crippen LogP) is 0.690. The molecule has 0 radical (unpaired) electrons. The Labute approximate surface area is 65.1 Å². The van der Waals surface area contributed by atoms with E-state index < -0.39 is 11.0 Å². The topological polar surface area (TPSA) is 38.7 Å². The SMILES string of the molecule is CS(=O)N=C1CC(OP)C1. The summed E-state index contributed by atoms with van der Waals surface area (Å²) in [6.45, 7) is 0. The Kier molecular flexibility index (Phi) is 2.96. The Hall–Kier alpha value is 0.210. The molecule has 1 aliphatic rings. The molecule has 5 heteroatoms. The summed E-state index contributed by atoms with van der Waals surface area (Å²) in [6.07, 6.45) is 3.53. The molecule has 58 valence electrons. The summed E-state index contributed by atoms with van der Waals surface area (Å²) in [5.74, 6) is 0. The van der Waals surface area contributed by atoms with Gasteiger partial charge in [-0.1, -0.05) is 0 Å². The van der Waals surface area contributed by atoms with Crippen LogP contribution in [-0.4, -0.2) is 22.3 Å². The van der Waals surface area contributed by atoms with E-state index in [1.165, 1.54) is 0 Å². The van der Waals surface area contributed by atoms with Gasteiger partial charge in [0.2, 0.25) is 0 Å². The van der Waals surface area contributed by atoms with Crippen LogP contribution in [0.25, 0.3) is 0 Å².